The lowest BCUT2D eigenvalue weighted by molar-refractivity contribution is 0.0601. The first-order valence-electron chi connectivity index (χ1n) is 6.90. The minimum atomic E-state index is -0.638. The molecule has 110 valence electrons. The van der Waals surface area contributed by atoms with Gasteiger partial charge in [0, 0.05) is 17.9 Å². The molecule has 1 aromatic rings. The van der Waals surface area contributed by atoms with Crippen LogP contribution in [0.5, 0.6) is 0 Å². The Morgan fingerprint density at radius 3 is 2.70 bits per heavy atom. The van der Waals surface area contributed by atoms with Crippen molar-refractivity contribution < 1.29 is 14.6 Å². The highest BCUT2D eigenvalue weighted by molar-refractivity contribution is 5.97. The fourth-order valence-corrected chi connectivity index (χ4v) is 2.66. The zero-order valence-corrected chi connectivity index (χ0v) is 12.0. The molecule has 0 aromatic heterocycles. The van der Waals surface area contributed by atoms with Gasteiger partial charge in [-0.05, 0) is 37.5 Å². The molecular weight excluding hydrogens is 256 g/mol. The van der Waals surface area contributed by atoms with Crippen molar-refractivity contribution in [3.63, 3.8) is 0 Å². The minimum absolute atomic E-state index is 0.355. The first-order chi connectivity index (χ1) is 9.45. The van der Waals surface area contributed by atoms with Gasteiger partial charge in [0.25, 0.3) is 0 Å². The van der Waals surface area contributed by atoms with Crippen molar-refractivity contribution in [3.05, 3.63) is 23.3 Å². The molecule has 0 atom stereocenters. The quantitative estimate of drug-likeness (QED) is 0.580. The lowest BCUT2D eigenvalue weighted by Crippen LogP contribution is -2.33. The molecule has 0 radical (unpaired) electrons. The van der Waals surface area contributed by atoms with E-state index in [-0.39, 0.29) is 0 Å². The van der Waals surface area contributed by atoms with E-state index in [4.69, 9.17) is 10.5 Å². The lowest BCUT2D eigenvalue weighted by Gasteiger charge is -2.23. The number of esters is 1. The first-order valence-corrected chi connectivity index (χ1v) is 6.90. The molecule has 1 aliphatic rings. The van der Waals surface area contributed by atoms with Gasteiger partial charge in [0.1, 0.15) is 0 Å². The summed E-state index contributed by atoms with van der Waals surface area (Å²) in [5.41, 5.74) is 7.63. The lowest BCUT2D eigenvalue weighted by atomic mass is 10.0. The summed E-state index contributed by atoms with van der Waals surface area (Å²) in [6.07, 6.45) is 3.76. The molecule has 0 spiro atoms. The van der Waals surface area contributed by atoms with E-state index in [9.17, 15) is 9.90 Å². The van der Waals surface area contributed by atoms with Crippen LogP contribution in [0.15, 0.2) is 12.1 Å². The molecule has 0 bridgehead atoms. The van der Waals surface area contributed by atoms with E-state index < -0.39 is 11.6 Å². The van der Waals surface area contributed by atoms with Crippen LogP contribution in [0.4, 0.5) is 11.4 Å². The van der Waals surface area contributed by atoms with Gasteiger partial charge in [-0.1, -0.05) is 12.8 Å². The topological polar surface area (TPSA) is 84.6 Å². The highest BCUT2D eigenvalue weighted by Crippen LogP contribution is 2.30. The molecule has 5 nitrogen and oxygen atoms in total. The third-order valence-electron chi connectivity index (χ3n) is 3.95. The van der Waals surface area contributed by atoms with Crippen molar-refractivity contribution in [1.29, 1.82) is 0 Å². The van der Waals surface area contributed by atoms with E-state index in [1.807, 2.05) is 13.0 Å². The Morgan fingerprint density at radius 1 is 1.45 bits per heavy atom. The summed E-state index contributed by atoms with van der Waals surface area (Å²) in [5, 5.41) is 13.5. The van der Waals surface area contributed by atoms with Gasteiger partial charge in [0.2, 0.25) is 0 Å². The van der Waals surface area contributed by atoms with Gasteiger partial charge < -0.3 is 20.9 Å². The second-order valence-electron chi connectivity index (χ2n) is 5.53. The number of nitrogens with two attached hydrogens (primary N) is 1. The normalized spacial score (nSPS) is 16.9. The Balaban J connectivity index is 2.16. The maximum atomic E-state index is 11.7. The number of hydrogen-bond acceptors (Lipinski definition) is 5. The molecule has 1 aliphatic carbocycles. The fourth-order valence-electron chi connectivity index (χ4n) is 2.66. The smallest absolute Gasteiger partial charge is 0.340 e. The highest BCUT2D eigenvalue weighted by Gasteiger charge is 2.30. The van der Waals surface area contributed by atoms with Crippen LogP contribution in [0.2, 0.25) is 0 Å². The van der Waals surface area contributed by atoms with E-state index >= 15 is 0 Å². The number of methoxy groups -OCH3 is 1. The summed E-state index contributed by atoms with van der Waals surface area (Å²) in [6.45, 7) is 2.33. The van der Waals surface area contributed by atoms with Gasteiger partial charge in [-0.15, -0.1) is 0 Å². The van der Waals surface area contributed by atoms with Crippen LogP contribution < -0.4 is 11.1 Å². The molecule has 2 rings (SSSR count). The summed E-state index contributed by atoms with van der Waals surface area (Å²) in [6, 6.07) is 3.55. The zero-order chi connectivity index (χ0) is 14.8. The van der Waals surface area contributed by atoms with Gasteiger partial charge in [-0.25, -0.2) is 4.79 Å². The first kappa shape index (κ1) is 14.7. The predicted molar refractivity (Wildman–Crippen MR) is 78.8 cm³/mol. The minimum Gasteiger partial charge on any atom is -0.465 e. The Labute approximate surface area is 119 Å². The van der Waals surface area contributed by atoms with Crippen molar-refractivity contribution in [2.24, 2.45) is 0 Å². The molecule has 0 aliphatic heterocycles. The van der Waals surface area contributed by atoms with Gasteiger partial charge in [-0.2, -0.15) is 0 Å². The van der Waals surface area contributed by atoms with Crippen LogP contribution in [-0.2, 0) is 4.74 Å². The van der Waals surface area contributed by atoms with Crippen LogP contribution in [-0.4, -0.2) is 30.3 Å². The third-order valence-corrected chi connectivity index (χ3v) is 3.95. The van der Waals surface area contributed by atoms with E-state index in [1.54, 1.807) is 6.07 Å². The van der Waals surface area contributed by atoms with E-state index in [0.29, 0.717) is 17.8 Å². The number of nitrogens with one attached hydrogen (secondary N) is 1. The number of carbonyl (C=O) groups is 1. The van der Waals surface area contributed by atoms with Crippen molar-refractivity contribution in [1.82, 2.24) is 0 Å². The molecule has 0 heterocycles. The molecule has 0 unspecified atom stereocenters. The average Bonchev–Trinajstić information content (AvgIpc) is 2.86. The Hall–Kier alpha value is -1.75. The molecular formula is C15H22N2O3. The third kappa shape index (κ3) is 3.04. The molecule has 1 saturated carbocycles. The van der Waals surface area contributed by atoms with Crippen molar-refractivity contribution in [2.45, 2.75) is 38.2 Å². The Morgan fingerprint density at radius 2 is 2.10 bits per heavy atom. The Kier molecular flexibility index (Phi) is 4.18. The number of hydrogen-bond donors (Lipinski definition) is 3. The average molecular weight is 278 g/mol. The highest BCUT2D eigenvalue weighted by atomic mass is 16.5. The summed E-state index contributed by atoms with van der Waals surface area (Å²) in [7, 11) is 1.33. The van der Waals surface area contributed by atoms with Gasteiger partial charge in [0.05, 0.1) is 18.3 Å². The van der Waals surface area contributed by atoms with E-state index in [1.165, 1.54) is 7.11 Å². The second-order valence-corrected chi connectivity index (χ2v) is 5.53. The summed E-state index contributed by atoms with van der Waals surface area (Å²) in [4.78, 5) is 11.7. The van der Waals surface area contributed by atoms with Crippen molar-refractivity contribution in [3.8, 4) is 0 Å². The number of aliphatic hydroxyl groups is 1. The van der Waals surface area contributed by atoms with Crippen LogP contribution >= 0.6 is 0 Å². The van der Waals surface area contributed by atoms with E-state index in [2.05, 4.69) is 5.32 Å². The molecule has 20 heavy (non-hydrogen) atoms. The van der Waals surface area contributed by atoms with E-state index in [0.717, 1.165) is 36.9 Å². The summed E-state index contributed by atoms with van der Waals surface area (Å²) >= 11 is 0. The number of ether oxygens (including phenoxy) is 1. The van der Waals surface area contributed by atoms with Crippen LogP contribution in [0.25, 0.3) is 0 Å². The molecule has 4 N–H and O–H groups in total. The number of carbonyl (C=O) groups excluding carboxylic acids is 1. The van der Waals surface area contributed by atoms with Gasteiger partial charge in [-0.3, -0.25) is 0 Å². The van der Waals surface area contributed by atoms with Gasteiger partial charge >= 0.3 is 5.97 Å². The van der Waals surface area contributed by atoms with Crippen molar-refractivity contribution >= 4 is 17.3 Å². The maximum Gasteiger partial charge on any atom is 0.340 e. The maximum absolute atomic E-state index is 11.7. The largest absolute Gasteiger partial charge is 0.465 e. The fraction of sp³-hybridized carbons (Fsp3) is 0.533. The van der Waals surface area contributed by atoms with Gasteiger partial charge in [0.15, 0.2) is 0 Å². The van der Waals surface area contributed by atoms with Crippen LogP contribution in [0, 0.1) is 6.92 Å². The number of anilines is 2. The number of aryl methyl sites for hydroxylation is 1. The monoisotopic (exact) mass is 278 g/mol. The predicted octanol–water partition coefficient (Wildman–Crippen LogP) is 2.08. The molecule has 0 amide bonds. The number of rotatable bonds is 4. The van der Waals surface area contributed by atoms with Crippen molar-refractivity contribution in [2.75, 3.05) is 24.7 Å². The van der Waals surface area contributed by atoms with Crippen LogP contribution in [0.1, 0.15) is 41.6 Å². The molecule has 1 fully saturated rings. The number of benzene rings is 1. The standard InChI is InChI=1S/C15H22N2O3/c1-10-7-11(8-12(13(10)16)14(18)20-2)17-9-15(19)5-3-4-6-15/h7-8,17,19H,3-6,9,16H2,1-2H3. The summed E-state index contributed by atoms with van der Waals surface area (Å²) < 4.78 is 4.73. The zero-order valence-electron chi connectivity index (χ0n) is 12.0. The molecule has 0 saturated heterocycles. The summed E-state index contributed by atoms with van der Waals surface area (Å²) in [5.74, 6) is -0.450. The molecule has 1 aromatic carbocycles. The number of nitrogen functional groups attached to an aromatic ring is 1. The SMILES string of the molecule is COC(=O)c1cc(NCC2(O)CCCC2)cc(C)c1N. The second kappa shape index (κ2) is 5.71. The Bertz CT molecular complexity index is 508. The van der Waals surface area contributed by atoms with Crippen LogP contribution in [0.3, 0.4) is 0 Å². The molecule has 5 heteroatoms.